The average molecular weight is 823 g/mol. The number of benzene rings is 2. The van der Waals surface area contributed by atoms with Crippen molar-refractivity contribution in [3.05, 3.63) is 90.0 Å². The quantitative estimate of drug-likeness (QED) is 0.131. The largest absolute Gasteiger partial charge is 0.453 e. The molecule has 1 saturated heterocycles. The van der Waals surface area contributed by atoms with Crippen molar-refractivity contribution in [2.24, 2.45) is 5.92 Å². The fraction of sp³-hybridized carbons (Fsp3) is 0.381. The van der Waals surface area contributed by atoms with Crippen molar-refractivity contribution in [2.75, 3.05) is 25.7 Å². The number of ether oxygens (including phenoxy) is 2. The highest BCUT2D eigenvalue weighted by Gasteiger charge is 2.50. The van der Waals surface area contributed by atoms with Gasteiger partial charge in [-0.25, -0.2) is 38.3 Å². The van der Waals surface area contributed by atoms with E-state index in [1.807, 2.05) is 49.4 Å². The molecule has 6 heterocycles. The fourth-order valence-electron chi connectivity index (χ4n) is 8.24. The Balaban J connectivity index is 0.964. The van der Waals surface area contributed by atoms with Gasteiger partial charge in [0.1, 0.15) is 23.7 Å². The van der Waals surface area contributed by atoms with E-state index in [9.17, 15) is 28.0 Å². The predicted molar refractivity (Wildman–Crippen MR) is 213 cm³/mol. The van der Waals surface area contributed by atoms with Crippen LogP contribution >= 0.6 is 0 Å². The molecule has 3 aliphatic heterocycles. The second kappa shape index (κ2) is 16.1. The first-order valence-corrected chi connectivity index (χ1v) is 19.7. The van der Waals surface area contributed by atoms with Crippen molar-refractivity contribution in [3.8, 4) is 33.9 Å². The topological polar surface area (TPSA) is 200 Å². The first kappa shape index (κ1) is 40.1. The van der Waals surface area contributed by atoms with E-state index in [1.54, 1.807) is 30.4 Å². The van der Waals surface area contributed by atoms with Crippen LogP contribution in [0.5, 0.6) is 0 Å². The molecule has 16 nitrogen and oxygen atoms in total. The number of nitrogens with one attached hydrogen (secondary N) is 4. The molecular weight excluding hydrogens is 779 g/mol. The SMILES string of the molecule is CC[C@H](C)[C@H](NC(=O)OC)C(=O)N1CC(F)(F)C[C@H]1c1ncc(-c2cnc(-c3ccc(-c4c[nH]c([C@@H]5Cc6cccc7c6N5C(=O)[C@@H](NC(=O)OC)CC7)n4)cc3)nc2)[nH]1. The molecule has 0 aliphatic carbocycles. The van der Waals surface area contributed by atoms with E-state index < -0.39 is 61.1 Å². The van der Waals surface area contributed by atoms with Crippen LogP contribution < -0.4 is 15.5 Å². The highest BCUT2D eigenvalue weighted by molar-refractivity contribution is 6.02. The number of carbonyl (C=O) groups excluding carboxylic acids is 4. The molecule has 312 valence electrons. The standard InChI is InChI=1S/C42H44F2N10O6/c1-5-22(2)33(52-41(58)60-4)39(56)53-21-42(43,44)16-32(53)37-48-20-30(50-37)27-17-45-35(46-18-27)25-11-9-23(10-12-25)29-19-47-36(49-29)31-15-26-8-6-7-24-13-14-28(51-40(57)59-3)38(55)54(31)34(24)26/h6-12,17-20,22,28,31-33H,5,13-16,21H2,1-4H3,(H,47,49)(H,48,50)(H,51,57)(H,52,58)/t22-,28-,31-,32-,33-/m0/s1. The molecule has 3 aliphatic rings. The van der Waals surface area contributed by atoms with Crippen molar-refractivity contribution in [1.82, 2.24) is 45.4 Å². The average Bonchev–Trinajstić information content (AvgIpc) is 4.07. The number of imidazole rings is 2. The summed E-state index contributed by atoms with van der Waals surface area (Å²) in [7, 11) is 2.44. The Hall–Kier alpha value is -6.72. The van der Waals surface area contributed by atoms with Crippen LogP contribution in [-0.4, -0.2) is 97.6 Å². The minimum absolute atomic E-state index is 0.178. The molecule has 4 amide bonds. The number of carbonyl (C=O) groups is 4. The lowest BCUT2D eigenvalue weighted by Gasteiger charge is -2.30. The van der Waals surface area contributed by atoms with Gasteiger partial charge in [-0.2, -0.15) is 0 Å². The van der Waals surface area contributed by atoms with Crippen molar-refractivity contribution in [3.63, 3.8) is 0 Å². The highest BCUT2D eigenvalue weighted by atomic mass is 19.3. The van der Waals surface area contributed by atoms with Crippen LogP contribution in [0, 0.1) is 5.92 Å². The van der Waals surface area contributed by atoms with Gasteiger partial charge in [-0.3, -0.25) is 14.5 Å². The van der Waals surface area contributed by atoms with E-state index in [0.29, 0.717) is 54.3 Å². The minimum Gasteiger partial charge on any atom is -0.453 e. The predicted octanol–water partition coefficient (Wildman–Crippen LogP) is 5.90. The van der Waals surface area contributed by atoms with Gasteiger partial charge in [0.25, 0.3) is 5.92 Å². The minimum atomic E-state index is -3.16. The third-order valence-corrected chi connectivity index (χ3v) is 11.6. The summed E-state index contributed by atoms with van der Waals surface area (Å²) in [6, 6.07) is 10.3. The molecule has 3 aromatic heterocycles. The summed E-state index contributed by atoms with van der Waals surface area (Å²) in [6.07, 6.45) is 6.54. The third kappa shape index (κ3) is 7.64. The van der Waals surface area contributed by atoms with Gasteiger partial charge in [0.15, 0.2) is 5.82 Å². The summed E-state index contributed by atoms with van der Waals surface area (Å²) in [6.45, 7) is 2.79. The van der Waals surface area contributed by atoms with Crippen LogP contribution in [0.4, 0.5) is 24.1 Å². The van der Waals surface area contributed by atoms with Gasteiger partial charge in [0.2, 0.25) is 11.8 Å². The number of nitrogens with zero attached hydrogens (tertiary/aromatic N) is 6. The van der Waals surface area contributed by atoms with E-state index in [4.69, 9.17) is 9.72 Å². The van der Waals surface area contributed by atoms with Crippen LogP contribution in [-0.2, 0) is 31.9 Å². The fourth-order valence-corrected chi connectivity index (χ4v) is 8.24. The second-order valence-corrected chi connectivity index (χ2v) is 15.3. The van der Waals surface area contributed by atoms with E-state index in [-0.39, 0.29) is 17.6 Å². The maximum Gasteiger partial charge on any atom is 0.407 e. The van der Waals surface area contributed by atoms with Crippen LogP contribution in [0.15, 0.2) is 67.3 Å². The molecule has 0 radical (unpaired) electrons. The zero-order valence-corrected chi connectivity index (χ0v) is 33.4. The number of hydrogen-bond donors (Lipinski definition) is 4. The summed E-state index contributed by atoms with van der Waals surface area (Å²) >= 11 is 0. The van der Waals surface area contributed by atoms with Gasteiger partial charge in [-0.05, 0) is 29.9 Å². The monoisotopic (exact) mass is 822 g/mol. The molecule has 0 spiro atoms. The number of likely N-dealkylation sites (tertiary alicyclic amines) is 1. The normalized spacial score (nSPS) is 20.2. The van der Waals surface area contributed by atoms with Gasteiger partial charge in [0, 0.05) is 48.1 Å². The number of methoxy groups -OCH3 is 2. The third-order valence-electron chi connectivity index (χ3n) is 11.6. The lowest BCUT2D eigenvalue weighted by atomic mass is 9.97. The summed E-state index contributed by atoms with van der Waals surface area (Å²) in [5, 5.41) is 5.21. The lowest BCUT2D eigenvalue weighted by Crippen LogP contribution is -2.52. The number of amides is 4. The number of aromatic amines is 2. The van der Waals surface area contributed by atoms with Crippen molar-refractivity contribution in [1.29, 1.82) is 0 Å². The molecule has 18 heteroatoms. The Morgan fingerprint density at radius 1 is 0.933 bits per heavy atom. The Morgan fingerprint density at radius 3 is 2.37 bits per heavy atom. The summed E-state index contributed by atoms with van der Waals surface area (Å²) in [4.78, 5) is 79.3. The van der Waals surface area contributed by atoms with Gasteiger partial charge >= 0.3 is 12.2 Å². The number of alkyl carbamates (subject to hydrolysis) is 2. The number of para-hydroxylation sites is 1. The number of hydrogen-bond acceptors (Lipinski definition) is 10. The first-order valence-electron chi connectivity index (χ1n) is 19.7. The number of anilines is 1. The van der Waals surface area contributed by atoms with Gasteiger partial charge in [-0.15, -0.1) is 0 Å². The molecule has 0 unspecified atom stereocenters. The van der Waals surface area contributed by atoms with Gasteiger partial charge < -0.3 is 35.0 Å². The van der Waals surface area contributed by atoms with Crippen LogP contribution in [0.2, 0.25) is 0 Å². The number of aromatic nitrogens is 6. The number of rotatable bonds is 10. The molecule has 1 fully saturated rings. The van der Waals surface area contributed by atoms with E-state index in [1.165, 1.54) is 20.4 Å². The number of alkyl halides is 2. The number of H-pyrrole nitrogens is 2. The van der Waals surface area contributed by atoms with E-state index >= 15 is 0 Å². The van der Waals surface area contributed by atoms with E-state index in [0.717, 1.165) is 32.8 Å². The van der Waals surface area contributed by atoms with Crippen LogP contribution in [0.1, 0.15) is 68.0 Å². The zero-order chi connectivity index (χ0) is 42.3. The Morgan fingerprint density at radius 2 is 1.65 bits per heavy atom. The lowest BCUT2D eigenvalue weighted by molar-refractivity contribution is -0.137. The van der Waals surface area contributed by atoms with Crippen LogP contribution in [0.3, 0.4) is 0 Å². The summed E-state index contributed by atoms with van der Waals surface area (Å²) in [5.41, 5.74) is 6.25. The summed E-state index contributed by atoms with van der Waals surface area (Å²) < 4.78 is 39.2. The summed E-state index contributed by atoms with van der Waals surface area (Å²) in [5.74, 6) is -3.10. The Kier molecular flexibility index (Phi) is 10.8. The van der Waals surface area contributed by atoms with Gasteiger partial charge in [0.05, 0.1) is 56.1 Å². The molecule has 60 heavy (non-hydrogen) atoms. The van der Waals surface area contributed by atoms with Gasteiger partial charge in [-0.1, -0.05) is 62.7 Å². The molecule has 0 saturated carbocycles. The molecule has 5 atom stereocenters. The van der Waals surface area contributed by atoms with Crippen molar-refractivity contribution < 1.29 is 37.4 Å². The van der Waals surface area contributed by atoms with E-state index in [2.05, 4.69) is 40.3 Å². The first-order chi connectivity index (χ1) is 28.9. The Bertz CT molecular complexity index is 2420. The molecule has 5 aromatic rings. The maximum atomic E-state index is 14.9. The highest BCUT2D eigenvalue weighted by Crippen LogP contribution is 2.45. The Labute approximate surface area is 343 Å². The maximum absolute atomic E-state index is 14.9. The second-order valence-electron chi connectivity index (χ2n) is 15.3. The number of halogens is 2. The van der Waals surface area contributed by atoms with Crippen LogP contribution in [0.25, 0.3) is 33.9 Å². The molecular formula is C42H44F2N10O6. The molecule has 8 rings (SSSR count). The molecule has 2 aromatic carbocycles. The van der Waals surface area contributed by atoms with Crippen molar-refractivity contribution in [2.45, 2.75) is 76.0 Å². The molecule has 0 bridgehead atoms. The van der Waals surface area contributed by atoms with Crippen molar-refractivity contribution >= 4 is 29.7 Å². The smallest absolute Gasteiger partial charge is 0.407 e. The number of aryl methyl sites for hydroxylation is 1. The molecule has 4 N–H and O–H groups in total. The zero-order valence-electron chi connectivity index (χ0n) is 33.4.